The van der Waals surface area contributed by atoms with E-state index >= 15 is 0 Å². The minimum absolute atomic E-state index is 0.00835. The van der Waals surface area contributed by atoms with Gasteiger partial charge in [0.15, 0.2) is 5.78 Å². The summed E-state index contributed by atoms with van der Waals surface area (Å²) < 4.78 is 13.2. The molecule has 1 saturated carbocycles. The van der Waals surface area contributed by atoms with Crippen LogP contribution in [-0.2, 0) is 4.79 Å². The first kappa shape index (κ1) is 11.0. The van der Waals surface area contributed by atoms with Crippen LogP contribution in [0.15, 0.2) is 18.2 Å². The van der Waals surface area contributed by atoms with E-state index in [2.05, 4.69) is 0 Å². The summed E-state index contributed by atoms with van der Waals surface area (Å²) in [5.74, 6) is -0.606. The van der Waals surface area contributed by atoms with Crippen molar-refractivity contribution in [1.82, 2.24) is 0 Å². The van der Waals surface area contributed by atoms with Gasteiger partial charge < -0.3 is 0 Å². The Balaban J connectivity index is 2.08. The van der Waals surface area contributed by atoms with Crippen molar-refractivity contribution in [1.29, 1.82) is 0 Å². The van der Waals surface area contributed by atoms with Gasteiger partial charge in [-0.2, -0.15) is 0 Å². The van der Waals surface area contributed by atoms with Gasteiger partial charge in [-0.25, -0.2) is 4.39 Å². The maximum Gasteiger partial charge on any atom is 0.170 e. The highest BCUT2D eigenvalue weighted by Gasteiger charge is 2.30. The van der Waals surface area contributed by atoms with Crippen molar-refractivity contribution in [2.24, 2.45) is 5.92 Å². The summed E-state index contributed by atoms with van der Waals surface area (Å²) in [4.78, 5) is 23.1. The lowest BCUT2D eigenvalue weighted by Gasteiger charge is -2.02. The molecule has 0 N–H and O–H groups in total. The normalized spacial score (nSPS) is 14.9. The predicted molar refractivity (Wildman–Crippen MR) is 57.8 cm³/mol. The van der Waals surface area contributed by atoms with Gasteiger partial charge in [0.25, 0.3) is 0 Å². The predicted octanol–water partition coefficient (Wildman–Crippen LogP) is 2.69. The maximum atomic E-state index is 13.2. The Morgan fingerprint density at radius 1 is 1.38 bits per heavy atom. The second-order valence-electron chi connectivity index (χ2n) is 4.30. The molecule has 0 radical (unpaired) electrons. The van der Waals surface area contributed by atoms with E-state index in [-0.39, 0.29) is 29.5 Å². The Morgan fingerprint density at radius 3 is 2.62 bits per heavy atom. The summed E-state index contributed by atoms with van der Waals surface area (Å²) in [6, 6.07) is 4.34. The Bertz CT molecular complexity index is 447. The number of rotatable bonds is 4. The lowest BCUT2D eigenvalue weighted by molar-refractivity contribution is -0.119. The summed E-state index contributed by atoms with van der Waals surface area (Å²) in [6.45, 7) is 1.64. The minimum Gasteiger partial charge on any atom is -0.299 e. The third kappa shape index (κ3) is 2.35. The number of hydrogen-bond acceptors (Lipinski definition) is 2. The third-order valence-corrected chi connectivity index (χ3v) is 2.86. The Labute approximate surface area is 93.5 Å². The number of ketones is 2. The molecule has 0 atom stereocenters. The fraction of sp³-hybridized carbons (Fsp3) is 0.385. The van der Waals surface area contributed by atoms with Crippen LogP contribution in [0.3, 0.4) is 0 Å². The smallest absolute Gasteiger partial charge is 0.170 e. The maximum absolute atomic E-state index is 13.2. The van der Waals surface area contributed by atoms with Gasteiger partial charge in [-0.3, -0.25) is 9.59 Å². The van der Waals surface area contributed by atoms with Crippen LogP contribution in [0.1, 0.15) is 35.2 Å². The SMILES string of the molecule is Cc1ccc(C(=O)CC(=O)C2CC2)cc1F. The average Bonchev–Trinajstić information content (AvgIpc) is 3.05. The molecular weight excluding hydrogens is 207 g/mol. The Kier molecular flexibility index (Phi) is 2.86. The van der Waals surface area contributed by atoms with Crippen LogP contribution in [0.4, 0.5) is 4.39 Å². The molecule has 0 bridgehead atoms. The van der Waals surface area contributed by atoms with Crippen LogP contribution in [0.2, 0.25) is 0 Å². The number of hydrogen-bond donors (Lipinski definition) is 0. The van der Waals surface area contributed by atoms with Gasteiger partial charge in [-0.05, 0) is 31.4 Å². The van der Waals surface area contributed by atoms with Gasteiger partial charge in [0.05, 0.1) is 6.42 Å². The molecule has 2 nitrogen and oxygen atoms in total. The van der Waals surface area contributed by atoms with Gasteiger partial charge in [0.2, 0.25) is 0 Å². The molecule has 84 valence electrons. The Morgan fingerprint density at radius 2 is 2.06 bits per heavy atom. The zero-order chi connectivity index (χ0) is 11.7. The molecule has 1 fully saturated rings. The molecule has 1 aliphatic rings. The standard InChI is InChI=1S/C13H13FO2/c1-8-2-3-10(6-11(8)14)13(16)7-12(15)9-4-5-9/h2-3,6,9H,4-5,7H2,1H3. The van der Waals surface area contributed by atoms with Crippen LogP contribution in [-0.4, -0.2) is 11.6 Å². The van der Waals surface area contributed by atoms with E-state index in [1.165, 1.54) is 6.07 Å². The molecule has 1 aromatic carbocycles. The van der Waals surface area contributed by atoms with Crippen molar-refractivity contribution < 1.29 is 14.0 Å². The van der Waals surface area contributed by atoms with E-state index in [4.69, 9.17) is 0 Å². The zero-order valence-corrected chi connectivity index (χ0v) is 9.13. The van der Waals surface area contributed by atoms with E-state index in [0.29, 0.717) is 5.56 Å². The number of carbonyl (C=O) groups is 2. The highest BCUT2D eigenvalue weighted by atomic mass is 19.1. The monoisotopic (exact) mass is 220 g/mol. The summed E-state index contributed by atoms with van der Waals surface area (Å²) in [7, 11) is 0. The summed E-state index contributed by atoms with van der Waals surface area (Å²) in [5, 5.41) is 0. The summed E-state index contributed by atoms with van der Waals surface area (Å²) >= 11 is 0. The fourth-order valence-electron chi connectivity index (χ4n) is 1.58. The van der Waals surface area contributed by atoms with Crippen LogP contribution >= 0.6 is 0 Å². The molecule has 1 aromatic rings. The lowest BCUT2D eigenvalue weighted by atomic mass is 10.0. The van der Waals surface area contributed by atoms with E-state index in [1.54, 1.807) is 19.1 Å². The quantitative estimate of drug-likeness (QED) is 0.577. The molecule has 0 unspecified atom stereocenters. The first-order valence-corrected chi connectivity index (χ1v) is 5.40. The first-order chi connectivity index (χ1) is 7.58. The Hall–Kier alpha value is -1.51. The van der Waals surface area contributed by atoms with Crippen molar-refractivity contribution in [2.75, 3.05) is 0 Å². The van der Waals surface area contributed by atoms with Gasteiger partial charge >= 0.3 is 0 Å². The zero-order valence-electron chi connectivity index (χ0n) is 9.13. The molecule has 0 saturated heterocycles. The molecule has 3 heteroatoms. The number of halogens is 1. The molecule has 0 amide bonds. The minimum atomic E-state index is -0.398. The fourth-order valence-corrected chi connectivity index (χ4v) is 1.58. The molecule has 0 heterocycles. The van der Waals surface area contributed by atoms with Crippen molar-refractivity contribution in [3.63, 3.8) is 0 Å². The number of aryl methyl sites for hydroxylation is 1. The second kappa shape index (κ2) is 4.16. The van der Waals surface area contributed by atoms with Gasteiger partial charge in [0, 0.05) is 11.5 Å². The number of benzene rings is 1. The first-order valence-electron chi connectivity index (χ1n) is 5.40. The number of Topliss-reactive ketones (excluding diaryl/α,β-unsaturated/α-hetero) is 2. The molecule has 16 heavy (non-hydrogen) atoms. The van der Waals surface area contributed by atoms with Crippen molar-refractivity contribution >= 4 is 11.6 Å². The van der Waals surface area contributed by atoms with Crippen LogP contribution in [0.25, 0.3) is 0 Å². The topological polar surface area (TPSA) is 34.1 Å². The van der Waals surface area contributed by atoms with Crippen molar-refractivity contribution in [3.05, 3.63) is 35.1 Å². The molecule has 1 aliphatic carbocycles. The molecule has 0 aliphatic heterocycles. The van der Waals surface area contributed by atoms with E-state index in [1.807, 2.05) is 0 Å². The van der Waals surface area contributed by atoms with Gasteiger partial charge in [0.1, 0.15) is 11.6 Å². The van der Waals surface area contributed by atoms with Crippen LogP contribution in [0, 0.1) is 18.7 Å². The van der Waals surface area contributed by atoms with E-state index in [0.717, 1.165) is 12.8 Å². The highest BCUT2D eigenvalue weighted by Crippen LogP contribution is 2.31. The van der Waals surface area contributed by atoms with Crippen molar-refractivity contribution in [2.45, 2.75) is 26.2 Å². The van der Waals surface area contributed by atoms with Crippen LogP contribution in [0.5, 0.6) is 0 Å². The lowest BCUT2D eigenvalue weighted by Crippen LogP contribution is -2.10. The van der Waals surface area contributed by atoms with Gasteiger partial charge in [-0.1, -0.05) is 12.1 Å². The summed E-state index contributed by atoms with van der Waals surface area (Å²) in [6.07, 6.45) is 1.70. The van der Waals surface area contributed by atoms with Crippen molar-refractivity contribution in [3.8, 4) is 0 Å². The molecule has 2 rings (SSSR count). The number of carbonyl (C=O) groups excluding carboxylic acids is 2. The van der Waals surface area contributed by atoms with E-state index in [9.17, 15) is 14.0 Å². The molecule has 0 aromatic heterocycles. The third-order valence-electron chi connectivity index (χ3n) is 2.86. The molecule has 0 spiro atoms. The highest BCUT2D eigenvalue weighted by molar-refractivity contribution is 6.09. The summed E-state index contributed by atoms with van der Waals surface area (Å²) in [5.41, 5.74) is 0.794. The second-order valence-corrected chi connectivity index (χ2v) is 4.30. The largest absolute Gasteiger partial charge is 0.299 e. The molecular formula is C13H13FO2. The van der Waals surface area contributed by atoms with Crippen LogP contribution < -0.4 is 0 Å². The van der Waals surface area contributed by atoms with E-state index < -0.39 is 5.82 Å². The van der Waals surface area contributed by atoms with Gasteiger partial charge in [-0.15, -0.1) is 0 Å². The average molecular weight is 220 g/mol.